The molecule has 0 aliphatic carbocycles. The predicted molar refractivity (Wildman–Crippen MR) is 108 cm³/mol. The van der Waals surface area contributed by atoms with E-state index in [1.165, 1.54) is 5.56 Å². The van der Waals surface area contributed by atoms with Crippen LogP contribution in [0.2, 0.25) is 0 Å². The summed E-state index contributed by atoms with van der Waals surface area (Å²) < 4.78 is 11.8. The Hall–Kier alpha value is -2.85. The Morgan fingerprint density at radius 2 is 1.67 bits per heavy atom. The van der Waals surface area contributed by atoms with Gasteiger partial charge in [-0.25, -0.2) is 0 Å². The molecule has 4 heteroatoms. The molecule has 140 valence electrons. The maximum atomic E-state index is 5.97. The highest BCUT2D eigenvalue weighted by Crippen LogP contribution is 2.29. The Labute approximate surface area is 161 Å². The van der Waals surface area contributed by atoms with Gasteiger partial charge in [-0.05, 0) is 54.8 Å². The fourth-order valence-corrected chi connectivity index (χ4v) is 2.83. The number of rotatable bonds is 9. The maximum absolute atomic E-state index is 5.97. The molecule has 3 aromatic rings. The van der Waals surface area contributed by atoms with E-state index in [1.54, 1.807) is 0 Å². The van der Waals surface area contributed by atoms with Crippen molar-refractivity contribution in [3.8, 4) is 11.5 Å². The molecule has 0 radical (unpaired) electrons. The molecule has 0 fully saturated rings. The van der Waals surface area contributed by atoms with Gasteiger partial charge in [-0.3, -0.25) is 4.98 Å². The van der Waals surface area contributed by atoms with Crippen molar-refractivity contribution in [2.24, 2.45) is 0 Å². The van der Waals surface area contributed by atoms with Gasteiger partial charge in [0.05, 0.1) is 6.61 Å². The molecule has 0 aliphatic rings. The molecular weight excluding hydrogens is 336 g/mol. The number of nitrogens with zero attached hydrogens (tertiary/aromatic N) is 1. The van der Waals surface area contributed by atoms with Gasteiger partial charge in [0, 0.05) is 25.0 Å². The molecule has 0 bridgehead atoms. The molecule has 0 saturated heterocycles. The van der Waals surface area contributed by atoms with Crippen molar-refractivity contribution in [3.05, 3.63) is 89.7 Å². The molecule has 1 N–H and O–H groups in total. The number of hydrogen-bond acceptors (Lipinski definition) is 4. The first kappa shape index (κ1) is 18.9. The van der Waals surface area contributed by atoms with Crippen LogP contribution in [0.4, 0.5) is 0 Å². The van der Waals surface area contributed by atoms with E-state index in [-0.39, 0.29) is 6.04 Å². The lowest BCUT2D eigenvalue weighted by atomic mass is 10.1. The van der Waals surface area contributed by atoms with Gasteiger partial charge >= 0.3 is 0 Å². The smallest absolute Gasteiger partial charge is 0.161 e. The van der Waals surface area contributed by atoms with Crippen LogP contribution >= 0.6 is 0 Å². The molecule has 1 unspecified atom stereocenters. The number of benzene rings is 2. The molecule has 4 nitrogen and oxygen atoms in total. The Kier molecular flexibility index (Phi) is 6.83. The highest BCUT2D eigenvalue weighted by molar-refractivity contribution is 5.43. The molecule has 1 atom stereocenters. The fraction of sp³-hybridized carbons (Fsp3) is 0.261. The molecule has 3 rings (SSSR count). The third kappa shape index (κ3) is 5.56. The van der Waals surface area contributed by atoms with Gasteiger partial charge in [0.1, 0.15) is 6.61 Å². The number of aromatic nitrogens is 1. The Balaban J connectivity index is 1.64. The summed E-state index contributed by atoms with van der Waals surface area (Å²) in [6.45, 7) is 6.01. The van der Waals surface area contributed by atoms with Crippen molar-refractivity contribution in [2.75, 3.05) is 6.61 Å². The highest BCUT2D eigenvalue weighted by Gasteiger charge is 2.09. The minimum Gasteiger partial charge on any atom is -0.490 e. The van der Waals surface area contributed by atoms with Gasteiger partial charge in [0.25, 0.3) is 0 Å². The van der Waals surface area contributed by atoms with Crippen molar-refractivity contribution in [1.29, 1.82) is 0 Å². The van der Waals surface area contributed by atoms with Crippen molar-refractivity contribution in [3.63, 3.8) is 0 Å². The van der Waals surface area contributed by atoms with Gasteiger partial charge < -0.3 is 14.8 Å². The summed E-state index contributed by atoms with van der Waals surface area (Å²) in [4.78, 5) is 4.07. The lowest BCUT2D eigenvalue weighted by Crippen LogP contribution is -2.18. The summed E-state index contributed by atoms with van der Waals surface area (Å²) in [5.41, 5.74) is 3.51. The van der Waals surface area contributed by atoms with E-state index < -0.39 is 0 Å². The molecular formula is C23H26N2O2. The van der Waals surface area contributed by atoms with E-state index in [4.69, 9.17) is 9.47 Å². The van der Waals surface area contributed by atoms with Crippen LogP contribution in [0.15, 0.2) is 73.1 Å². The van der Waals surface area contributed by atoms with Crippen LogP contribution in [0.1, 0.15) is 36.6 Å². The van der Waals surface area contributed by atoms with Crippen molar-refractivity contribution in [2.45, 2.75) is 33.0 Å². The average Bonchev–Trinajstić information content (AvgIpc) is 2.73. The van der Waals surface area contributed by atoms with Gasteiger partial charge in [-0.2, -0.15) is 0 Å². The van der Waals surface area contributed by atoms with Crippen LogP contribution in [0.3, 0.4) is 0 Å². The molecule has 1 aromatic heterocycles. The third-order valence-corrected chi connectivity index (χ3v) is 4.36. The first-order valence-corrected chi connectivity index (χ1v) is 9.32. The minimum absolute atomic E-state index is 0.248. The summed E-state index contributed by atoms with van der Waals surface area (Å²) in [5, 5.41) is 3.54. The zero-order chi connectivity index (χ0) is 18.9. The van der Waals surface area contributed by atoms with E-state index in [0.717, 1.165) is 29.2 Å². The van der Waals surface area contributed by atoms with E-state index >= 15 is 0 Å². The number of hydrogen-bond donors (Lipinski definition) is 1. The average molecular weight is 362 g/mol. The number of nitrogens with one attached hydrogen (secondary N) is 1. The first-order chi connectivity index (χ1) is 13.3. The van der Waals surface area contributed by atoms with Crippen molar-refractivity contribution in [1.82, 2.24) is 10.3 Å². The molecule has 27 heavy (non-hydrogen) atoms. The second-order valence-electron chi connectivity index (χ2n) is 6.37. The normalized spacial score (nSPS) is 11.8. The van der Waals surface area contributed by atoms with Crippen LogP contribution in [0, 0.1) is 0 Å². The van der Waals surface area contributed by atoms with E-state index in [9.17, 15) is 0 Å². The van der Waals surface area contributed by atoms with Crippen LogP contribution in [0.5, 0.6) is 11.5 Å². The van der Waals surface area contributed by atoms with Crippen LogP contribution in [0.25, 0.3) is 0 Å². The van der Waals surface area contributed by atoms with Crippen molar-refractivity contribution >= 4 is 0 Å². The quantitative estimate of drug-likeness (QED) is 0.587. The Morgan fingerprint density at radius 3 is 2.41 bits per heavy atom. The van der Waals surface area contributed by atoms with Crippen LogP contribution < -0.4 is 14.8 Å². The van der Waals surface area contributed by atoms with Crippen LogP contribution in [-0.2, 0) is 13.2 Å². The fourth-order valence-electron chi connectivity index (χ4n) is 2.83. The molecule has 2 aromatic carbocycles. The zero-order valence-corrected chi connectivity index (χ0v) is 15.9. The molecule has 0 amide bonds. The lowest BCUT2D eigenvalue weighted by molar-refractivity contribution is 0.269. The maximum Gasteiger partial charge on any atom is 0.161 e. The summed E-state index contributed by atoms with van der Waals surface area (Å²) in [5.74, 6) is 1.55. The van der Waals surface area contributed by atoms with E-state index in [0.29, 0.717) is 13.2 Å². The highest BCUT2D eigenvalue weighted by atomic mass is 16.5. The standard InChI is InChI=1S/C23H26N2O2/c1-3-26-23-15-20(16-25-18(2)21-11-13-24-14-12-21)9-10-22(23)27-17-19-7-5-4-6-8-19/h4-15,18,25H,3,16-17H2,1-2H3. The Bertz CT molecular complexity index is 822. The predicted octanol–water partition coefficient (Wildman–Crippen LogP) is 4.91. The summed E-state index contributed by atoms with van der Waals surface area (Å²) in [6.07, 6.45) is 3.64. The third-order valence-electron chi connectivity index (χ3n) is 4.36. The second-order valence-corrected chi connectivity index (χ2v) is 6.37. The monoisotopic (exact) mass is 362 g/mol. The second kappa shape index (κ2) is 9.74. The van der Waals surface area contributed by atoms with Gasteiger partial charge in [0.15, 0.2) is 11.5 Å². The molecule has 0 aliphatic heterocycles. The van der Waals surface area contributed by atoms with Crippen LogP contribution in [-0.4, -0.2) is 11.6 Å². The summed E-state index contributed by atoms with van der Waals surface area (Å²) in [6, 6.07) is 20.6. The SMILES string of the molecule is CCOc1cc(CNC(C)c2ccncc2)ccc1OCc1ccccc1. The van der Waals surface area contributed by atoms with Crippen molar-refractivity contribution < 1.29 is 9.47 Å². The topological polar surface area (TPSA) is 43.4 Å². The zero-order valence-electron chi connectivity index (χ0n) is 15.9. The van der Waals surface area contributed by atoms with E-state index in [2.05, 4.69) is 41.5 Å². The molecule has 0 saturated carbocycles. The molecule has 0 spiro atoms. The largest absolute Gasteiger partial charge is 0.490 e. The molecule has 1 heterocycles. The number of ether oxygens (including phenoxy) is 2. The summed E-state index contributed by atoms with van der Waals surface area (Å²) in [7, 11) is 0. The Morgan fingerprint density at radius 1 is 0.889 bits per heavy atom. The summed E-state index contributed by atoms with van der Waals surface area (Å²) >= 11 is 0. The van der Waals surface area contributed by atoms with Gasteiger partial charge in [-0.1, -0.05) is 36.4 Å². The first-order valence-electron chi connectivity index (χ1n) is 9.32. The minimum atomic E-state index is 0.248. The van der Waals surface area contributed by atoms with E-state index in [1.807, 2.05) is 55.7 Å². The number of pyridine rings is 1. The van der Waals surface area contributed by atoms with Gasteiger partial charge in [-0.15, -0.1) is 0 Å². The lowest BCUT2D eigenvalue weighted by Gasteiger charge is -2.16. The van der Waals surface area contributed by atoms with Gasteiger partial charge in [0.2, 0.25) is 0 Å².